The molecule has 0 spiro atoms. The van der Waals surface area contributed by atoms with Gasteiger partial charge in [-0.25, -0.2) is 0 Å². The number of aromatic amines is 1. The van der Waals surface area contributed by atoms with Gasteiger partial charge in [-0.15, -0.1) is 0 Å². The van der Waals surface area contributed by atoms with Crippen molar-refractivity contribution in [3.05, 3.63) is 52.0 Å². The molecule has 6 heteroatoms. The Bertz CT molecular complexity index is 736. The lowest BCUT2D eigenvalue weighted by atomic mass is 10.2. The molecule has 94 valence electrons. The number of anilines is 1. The molecule has 3 rings (SSSR count). The normalized spacial score (nSPS) is 10.6. The van der Waals surface area contributed by atoms with Crippen LogP contribution < -0.4 is 5.32 Å². The van der Waals surface area contributed by atoms with E-state index in [-0.39, 0.29) is 5.91 Å². The van der Waals surface area contributed by atoms with Gasteiger partial charge >= 0.3 is 0 Å². The summed E-state index contributed by atoms with van der Waals surface area (Å²) in [6, 6.07) is 9.35. The van der Waals surface area contributed by atoms with Crippen LogP contribution >= 0.6 is 22.6 Å². The van der Waals surface area contributed by atoms with Crippen molar-refractivity contribution in [3.63, 3.8) is 0 Å². The lowest BCUT2D eigenvalue weighted by Gasteiger charge is -2.03. The van der Waals surface area contributed by atoms with Crippen molar-refractivity contribution >= 4 is 45.1 Å². The fraction of sp³-hybridized carbons (Fsp3) is 0. The van der Waals surface area contributed by atoms with Gasteiger partial charge in [-0.1, -0.05) is 0 Å². The first-order valence-corrected chi connectivity index (χ1v) is 6.67. The monoisotopic (exact) mass is 364 g/mol. The van der Waals surface area contributed by atoms with Crippen molar-refractivity contribution < 1.29 is 4.79 Å². The van der Waals surface area contributed by atoms with Crippen molar-refractivity contribution in [1.29, 1.82) is 0 Å². The first-order valence-electron chi connectivity index (χ1n) is 5.59. The summed E-state index contributed by atoms with van der Waals surface area (Å²) in [5.41, 5.74) is 1.88. The van der Waals surface area contributed by atoms with Gasteiger partial charge in [0.1, 0.15) is 0 Å². The number of nitrogens with one attached hydrogen (secondary N) is 2. The second-order valence-corrected chi connectivity index (χ2v) is 5.20. The molecule has 2 aromatic heterocycles. The summed E-state index contributed by atoms with van der Waals surface area (Å²) in [6.07, 6.45) is 3.28. The van der Waals surface area contributed by atoms with Gasteiger partial charge in [0.25, 0.3) is 5.91 Å². The van der Waals surface area contributed by atoms with E-state index in [0.29, 0.717) is 11.1 Å². The standard InChI is InChI=1S/C13H9IN4O/c14-8-1-3-9(4-2-8)16-13(19)12-10-7-15-6-5-11(10)17-18-12/h1-7H,(H,16,19)(H,17,18). The Labute approximate surface area is 122 Å². The molecule has 19 heavy (non-hydrogen) atoms. The molecule has 2 heterocycles. The van der Waals surface area contributed by atoms with E-state index in [4.69, 9.17) is 0 Å². The fourth-order valence-electron chi connectivity index (χ4n) is 1.75. The van der Waals surface area contributed by atoms with Crippen molar-refractivity contribution in [2.45, 2.75) is 0 Å². The van der Waals surface area contributed by atoms with Crippen molar-refractivity contribution in [3.8, 4) is 0 Å². The zero-order valence-corrected chi connectivity index (χ0v) is 11.9. The average Bonchev–Trinajstić information content (AvgIpc) is 2.85. The number of nitrogens with zero attached hydrogens (tertiary/aromatic N) is 2. The second-order valence-electron chi connectivity index (χ2n) is 3.95. The highest BCUT2D eigenvalue weighted by Crippen LogP contribution is 2.16. The number of amides is 1. The highest BCUT2D eigenvalue weighted by Gasteiger charge is 2.14. The molecule has 0 aliphatic heterocycles. The van der Waals surface area contributed by atoms with Crippen LogP contribution in [-0.2, 0) is 0 Å². The fourth-order valence-corrected chi connectivity index (χ4v) is 2.11. The van der Waals surface area contributed by atoms with Gasteiger partial charge < -0.3 is 5.32 Å². The highest BCUT2D eigenvalue weighted by atomic mass is 127. The average molecular weight is 364 g/mol. The van der Waals surface area contributed by atoms with Crippen LogP contribution in [-0.4, -0.2) is 21.1 Å². The molecule has 5 nitrogen and oxygen atoms in total. The molecule has 1 amide bonds. The van der Waals surface area contributed by atoms with Crippen LogP contribution in [0.1, 0.15) is 10.5 Å². The molecule has 3 aromatic rings. The first-order chi connectivity index (χ1) is 9.24. The van der Waals surface area contributed by atoms with Crippen LogP contribution in [0.15, 0.2) is 42.7 Å². The van der Waals surface area contributed by atoms with Crippen LogP contribution in [0.25, 0.3) is 10.9 Å². The summed E-state index contributed by atoms with van der Waals surface area (Å²) < 4.78 is 1.12. The molecular formula is C13H9IN4O. The third-order valence-corrected chi connectivity index (χ3v) is 3.40. The number of H-pyrrole nitrogens is 1. The maximum atomic E-state index is 12.2. The van der Waals surface area contributed by atoms with E-state index in [1.165, 1.54) is 0 Å². The van der Waals surface area contributed by atoms with Gasteiger partial charge in [-0.05, 0) is 52.9 Å². The van der Waals surface area contributed by atoms with Gasteiger partial charge in [0, 0.05) is 21.7 Å². The zero-order valence-electron chi connectivity index (χ0n) is 9.72. The minimum atomic E-state index is -0.250. The summed E-state index contributed by atoms with van der Waals surface area (Å²) in [5.74, 6) is -0.250. The number of pyridine rings is 1. The summed E-state index contributed by atoms with van der Waals surface area (Å²) in [7, 11) is 0. The van der Waals surface area contributed by atoms with E-state index in [0.717, 1.165) is 14.8 Å². The van der Waals surface area contributed by atoms with Gasteiger partial charge in [0.15, 0.2) is 5.69 Å². The van der Waals surface area contributed by atoms with Crippen LogP contribution in [0.3, 0.4) is 0 Å². The Hall–Kier alpha value is -1.96. The summed E-state index contributed by atoms with van der Waals surface area (Å²) >= 11 is 2.21. The predicted octanol–water partition coefficient (Wildman–Crippen LogP) is 2.81. The molecule has 1 aromatic carbocycles. The molecular weight excluding hydrogens is 355 g/mol. The molecule has 0 saturated carbocycles. The van der Waals surface area contributed by atoms with E-state index in [1.807, 2.05) is 24.3 Å². The Morgan fingerprint density at radius 3 is 2.79 bits per heavy atom. The molecule has 0 aliphatic rings. The van der Waals surface area contributed by atoms with Crippen molar-refractivity contribution in [2.24, 2.45) is 0 Å². The maximum absolute atomic E-state index is 12.2. The van der Waals surface area contributed by atoms with Crippen LogP contribution in [0.2, 0.25) is 0 Å². The summed E-state index contributed by atoms with van der Waals surface area (Å²) in [4.78, 5) is 16.2. The number of hydrogen-bond acceptors (Lipinski definition) is 3. The minimum Gasteiger partial charge on any atom is -0.321 e. The van der Waals surface area contributed by atoms with Crippen LogP contribution in [0.4, 0.5) is 5.69 Å². The summed E-state index contributed by atoms with van der Waals surface area (Å²) in [5, 5.41) is 10.4. The second kappa shape index (κ2) is 4.96. The van der Waals surface area contributed by atoms with Crippen LogP contribution in [0.5, 0.6) is 0 Å². The number of hydrogen-bond donors (Lipinski definition) is 2. The Morgan fingerprint density at radius 2 is 2.00 bits per heavy atom. The topological polar surface area (TPSA) is 70.7 Å². The van der Waals surface area contributed by atoms with Crippen LogP contribution in [0, 0.1) is 3.57 Å². The predicted molar refractivity (Wildman–Crippen MR) is 81.0 cm³/mol. The molecule has 2 N–H and O–H groups in total. The SMILES string of the molecule is O=C(Nc1ccc(I)cc1)c1n[nH]c2ccncc12. The van der Waals surface area contributed by atoms with Gasteiger partial charge in [-0.2, -0.15) is 5.10 Å². The third kappa shape index (κ3) is 2.43. The lowest BCUT2D eigenvalue weighted by molar-refractivity contribution is 0.102. The smallest absolute Gasteiger partial charge is 0.276 e. The van der Waals surface area contributed by atoms with Crippen molar-refractivity contribution in [1.82, 2.24) is 15.2 Å². The number of halogens is 1. The van der Waals surface area contributed by atoms with E-state index >= 15 is 0 Å². The number of benzene rings is 1. The van der Waals surface area contributed by atoms with E-state index in [1.54, 1.807) is 18.5 Å². The zero-order chi connectivity index (χ0) is 13.2. The Kier molecular flexibility index (Phi) is 3.16. The number of carbonyl (C=O) groups excluding carboxylic acids is 1. The Morgan fingerprint density at radius 1 is 1.21 bits per heavy atom. The number of fused-ring (bicyclic) bond motifs is 1. The number of aromatic nitrogens is 3. The highest BCUT2D eigenvalue weighted by molar-refractivity contribution is 14.1. The van der Waals surface area contributed by atoms with Gasteiger partial charge in [0.05, 0.1) is 10.9 Å². The molecule has 0 radical (unpaired) electrons. The maximum Gasteiger partial charge on any atom is 0.276 e. The quantitative estimate of drug-likeness (QED) is 0.687. The molecule has 0 fully saturated rings. The van der Waals surface area contributed by atoms with E-state index in [9.17, 15) is 4.79 Å². The molecule has 0 atom stereocenters. The van der Waals surface area contributed by atoms with Gasteiger partial charge in [0.2, 0.25) is 0 Å². The third-order valence-electron chi connectivity index (χ3n) is 2.68. The minimum absolute atomic E-state index is 0.250. The number of rotatable bonds is 2. The van der Waals surface area contributed by atoms with E-state index < -0.39 is 0 Å². The largest absolute Gasteiger partial charge is 0.321 e. The molecule has 0 unspecified atom stereocenters. The van der Waals surface area contributed by atoms with Gasteiger partial charge in [-0.3, -0.25) is 14.9 Å². The summed E-state index contributed by atoms with van der Waals surface area (Å²) in [6.45, 7) is 0. The first kappa shape index (κ1) is 12.1. The van der Waals surface area contributed by atoms with E-state index in [2.05, 4.69) is 43.1 Å². The van der Waals surface area contributed by atoms with Crippen molar-refractivity contribution in [2.75, 3.05) is 5.32 Å². The molecule has 0 saturated heterocycles. The molecule has 0 bridgehead atoms. The Balaban J connectivity index is 1.90. The molecule has 0 aliphatic carbocycles. The number of carbonyl (C=O) groups is 1. The lowest BCUT2D eigenvalue weighted by Crippen LogP contribution is -2.12.